The first-order chi connectivity index (χ1) is 15.2. The number of nitrogens with zero attached hydrogens (tertiary/aromatic N) is 1. The molecule has 0 aliphatic heterocycles. The second kappa shape index (κ2) is 9.77. The maximum absolute atomic E-state index is 12.7. The Morgan fingerprint density at radius 1 is 0.656 bits per heavy atom. The van der Waals surface area contributed by atoms with Crippen LogP contribution in [0, 0.1) is 41.5 Å². The summed E-state index contributed by atoms with van der Waals surface area (Å²) in [6, 6.07) is 13.3. The van der Waals surface area contributed by atoms with Crippen LogP contribution < -0.4 is 10.6 Å². The Kier molecular flexibility index (Phi) is 7.08. The average molecular weight is 430 g/mol. The van der Waals surface area contributed by atoms with Crippen LogP contribution in [0.3, 0.4) is 0 Å². The first kappa shape index (κ1) is 23.2. The predicted molar refractivity (Wildman–Crippen MR) is 131 cm³/mol. The van der Waals surface area contributed by atoms with E-state index in [0.29, 0.717) is 0 Å². The first-order valence-corrected chi connectivity index (χ1v) is 10.8. The Morgan fingerprint density at radius 3 is 1.34 bits per heavy atom. The number of nitrogens with one attached hydrogen (secondary N) is 2. The topological polar surface area (TPSA) is 71.1 Å². The Bertz CT molecular complexity index is 1050. The third-order valence-corrected chi connectivity index (χ3v) is 5.53. The molecule has 0 saturated carbocycles. The highest BCUT2D eigenvalue weighted by atomic mass is 16.1. The summed E-state index contributed by atoms with van der Waals surface area (Å²) in [4.78, 5) is 29.8. The van der Waals surface area contributed by atoms with Gasteiger partial charge in [0.15, 0.2) is 11.6 Å². The van der Waals surface area contributed by atoms with Crippen molar-refractivity contribution in [2.75, 3.05) is 23.7 Å². The zero-order valence-corrected chi connectivity index (χ0v) is 19.7. The average Bonchev–Trinajstić information content (AvgIpc) is 2.72. The smallest absolute Gasteiger partial charge is 0.200 e. The highest BCUT2D eigenvalue weighted by molar-refractivity contribution is 6.01. The summed E-state index contributed by atoms with van der Waals surface area (Å²) in [5.74, 6) is -0.311. The van der Waals surface area contributed by atoms with Gasteiger partial charge in [0, 0.05) is 11.4 Å². The lowest BCUT2D eigenvalue weighted by Crippen LogP contribution is -2.20. The summed E-state index contributed by atoms with van der Waals surface area (Å²) in [5, 5.41) is 6.46. The van der Waals surface area contributed by atoms with Crippen LogP contribution in [0.25, 0.3) is 0 Å². The minimum absolute atomic E-state index is 0.120. The van der Waals surface area contributed by atoms with Crippen LogP contribution in [0.15, 0.2) is 42.5 Å². The summed E-state index contributed by atoms with van der Waals surface area (Å²) in [6.45, 7) is 12.4. The van der Waals surface area contributed by atoms with Gasteiger partial charge < -0.3 is 10.6 Å². The molecule has 32 heavy (non-hydrogen) atoms. The third-order valence-electron chi connectivity index (χ3n) is 5.53. The molecule has 3 aromatic rings. The molecule has 0 atom stereocenters. The molecule has 0 aliphatic carbocycles. The van der Waals surface area contributed by atoms with Crippen LogP contribution in [-0.2, 0) is 0 Å². The molecule has 0 aliphatic rings. The van der Waals surface area contributed by atoms with Gasteiger partial charge in [-0.05, 0) is 75.9 Å². The number of hydrogen-bond donors (Lipinski definition) is 2. The van der Waals surface area contributed by atoms with E-state index in [0.717, 1.165) is 33.6 Å². The summed E-state index contributed by atoms with van der Waals surface area (Å²) in [5.41, 5.74) is 9.26. The van der Waals surface area contributed by atoms with Crippen molar-refractivity contribution in [3.63, 3.8) is 0 Å². The van der Waals surface area contributed by atoms with Crippen LogP contribution in [0.5, 0.6) is 0 Å². The van der Waals surface area contributed by atoms with Crippen LogP contribution in [0.4, 0.5) is 11.4 Å². The van der Waals surface area contributed by atoms with E-state index in [1.54, 1.807) is 18.2 Å². The zero-order valence-electron chi connectivity index (χ0n) is 19.7. The fourth-order valence-corrected chi connectivity index (χ4v) is 4.18. The Labute approximate surface area is 190 Å². The van der Waals surface area contributed by atoms with Crippen molar-refractivity contribution >= 4 is 22.9 Å². The van der Waals surface area contributed by atoms with E-state index in [9.17, 15) is 9.59 Å². The predicted octanol–water partition coefficient (Wildman–Crippen LogP) is 5.52. The number of aromatic nitrogens is 1. The van der Waals surface area contributed by atoms with Crippen LogP contribution in [0.1, 0.15) is 54.4 Å². The van der Waals surface area contributed by atoms with Gasteiger partial charge in [0.2, 0.25) is 0 Å². The Morgan fingerprint density at radius 2 is 1.00 bits per heavy atom. The normalized spacial score (nSPS) is 10.7. The molecular formula is C27H31N3O2. The van der Waals surface area contributed by atoms with E-state index in [1.165, 1.54) is 11.1 Å². The number of aryl methyl sites for hydroxylation is 6. The van der Waals surface area contributed by atoms with Crippen LogP contribution in [-0.4, -0.2) is 29.6 Å². The third kappa shape index (κ3) is 5.41. The number of carbonyl (C=O) groups is 2. The molecule has 0 radical (unpaired) electrons. The second-order valence-electron chi connectivity index (χ2n) is 8.51. The van der Waals surface area contributed by atoms with Crippen molar-refractivity contribution in [2.24, 2.45) is 0 Å². The number of Topliss-reactive ketones (excluding diaryl/α,β-unsaturated/α-hetero) is 2. The fourth-order valence-electron chi connectivity index (χ4n) is 4.18. The van der Waals surface area contributed by atoms with Gasteiger partial charge in [-0.25, -0.2) is 4.98 Å². The summed E-state index contributed by atoms with van der Waals surface area (Å²) >= 11 is 0. The molecule has 5 heteroatoms. The van der Waals surface area contributed by atoms with Gasteiger partial charge in [-0.2, -0.15) is 0 Å². The Balaban J connectivity index is 1.67. The van der Waals surface area contributed by atoms with Gasteiger partial charge in [-0.1, -0.05) is 41.5 Å². The fraction of sp³-hybridized carbons (Fsp3) is 0.296. The van der Waals surface area contributed by atoms with Crippen molar-refractivity contribution in [3.8, 4) is 0 Å². The molecule has 0 fully saturated rings. The maximum Gasteiger partial charge on any atom is 0.200 e. The molecule has 5 nitrogen and oxygen atoms in total. The van der Waals surface area contributed by atoms with Crippen LogP contribution >= 0.6 is 0 Å². The highest BCUT2D eigenvalue weighted by Gasteiger charge is 2.14. The van der Waals surface area contributed by atoms with E-state index in [2.05, 4.69) is 53.7 Å². The van der Waals surface area contributed by atoms with Crippen molar-refractivity contribution in [3.05, 3.63) is 87.2 Å². The quantitative estimate of drug-likeness (QED) is 0.461. The number of pyridine rings is 1. The van der Waals surface area contributed by atoms with Gasteiger partial charge >= 0.3 is 0 Å². The van der Waals surface area contributed by atoms with E-state index in [-0.39, 0.29) is 36.0 Å². The van der Waals surface area contributed by atoms with Crippen molar-refractivity contribution in [1.29, 1.82) is 0 Å². The number of carbonyl (C=O) groups excluding carboxylic acids is 2. The lowest BCUT2D eigenvalue weighted by atomic mass is 10.0. The minimum atomic E-state index is -0.155. The molecular weight excluding hydrogens is 398 g/mol. The molecule has 166 valence electrons. The van der Waals surface area contributed by atoms with Gasteiger partial charge in [0.05, 0.1) is 13.1 Å². The van der Waals surface area contributed by atoms with Gasteiger partial charge in [0.1, 0.15) is 11.4 Å². The largest absolute Gasteiger partial charge is 0.377 e. The van der Waals surface area contributed by atoms with Crippen molar-refractivity contribution < 1.29 is 9.59 Å². The van der Waals surface area contributed by atoms with Crippen molar-refractivity contribution in [1.82, 2.24) is 4.98 Å². The van der Waals surface area contributed by atoms with Crippen LogP contribution in [0.2, 0.25) is 0 Å². The molecule has 0 unspecified atom stereocenters. The molecule has 1 aromatic heterocycles. The summed E-state index contributed by atoms with van der Waals surface area (Å²) in [6.07, 6.45) is 0. The zero-order chi connectivity index (χ0) is 23.4. The lowest BCUT2D eigenvalue weighted by Gasteiger charge is -2.14. The standard InChI is InChI=1S/C27H31N3O2/c1-16-10-18(3)26(19(4)11-16)28-14-24(31)22-8-7-9-23(30-22)25(32)15-29-27-20(5)12-17(2)13-21(27)6/h7-13,28-29H,14-15H2,1-6H3. The summed E-state index contributed by atoms with van der Waals surface area (Å²) in [7, 11) is 0. The highest BCUT2D eigenvalue weighted by Crippen LogP contribution is 2.23. The maximum atomic E-state index is 12.7. The second-order valence-corrected chi connectivity index (χ2v) is 8.51. The molecule has 3 rings (SSSR count). The number of anilines is 2. The molecule has 0 amide bonds. The minimum Gasteiger partial charge on any atom is -0.377 e. The first-order valence-electron chi connectivity index (χ1n) is 10.8. The van der Waals surface area contributed by atoms with E-state index < -0.39 is 0 Å². The molecule has 0 bridgehead atoms. The summed E-state index contributed by atoms with van der Waals surface area (Å²) < 4.78 is 0. The van der Waals surface area contributed by atoms with E-state index in [1.807, 2.05) is 27.7 Å². The SMILES string of the molecule is Cc1cc(C)c(NCC(=O)c2cccc(C(=O)CNc3c(C)cc(C)cc3C)n2)c(C)c1. The van der Waals surface area contributed by atoms with Gasteiger partial charge in [-0.3, -0.25) is 9.59 Å². The number of ketones is 2. The molecule has 0 spiro atoms. The Hall–Kier alpha value is -3.47. The number of hydrogen-bond acceptors (Lipinski definition) is 5. The monoisotopic (exact) mass is 429 g/mol. The molecule has 0 saturated heterocycles. The molecule has 2 N–H and O–H groups in total. The van der Waals surface area contributed by atoms with Crippen molar-refractivity contribution in [2.45, 2.75) is 41.5 Å². The lowest BCUT2D eigenvalue weighted by molar-refractivity contribution is 0.0998. The van der Waals surface area contributed by atoms with Gasteiger partial charge in [-0.15, -0.1) is 0 Å². The molecule has 1 heterocycles. The molecule has 2 aromatic carbocycles. The van der Waals surface area contributed by atoms with E-state index >= 15 is 0 Å². The number of benzene rings is 2. The van der Waals surface area contributed by atoms with Gasteiger partial charge in [0.25, 0.3) is 0 Å². The van der Waals surface area contributed by atoms with E-state index in [4.69, 9.17) is 0 Å². The number of rotatable bonds is 8.